The molecule has 2 heterocycles. The molecule has 2 aromatic carbocycles. The molecule has 0 bridgehead atoms. The van der Waals surface area contributed by atoms with Gasteiger partial charge in [-0.25, -0.2) is 9.48 Å². The molecule has 2 N–H and O–H groups in total. The van der Waals surface area contributed by atoms with Crippen molar-refractivity contribution in [3.8, 4) is 0 Å². The summed E-state index contributed by atoms with van der Waals surface area (Å²) in [5.74, 6) is 0.828. The zero-order valence-electron chi connectivity index (χ0n) is 20.2. The number of nitrogens with one attached hydrogen (secondary N) is 2. The number of carbonyl (C=O) groups is 2. The van der Waals surface area contributed by atoms with Gasteiger partial charge in [-0.05, 0) is 62.7 Å². The van der Waals surface area contributed by atoms with Crippen LogP contribution in [0.3, 0.4) is 0 Å². The lowest BCUT2D eigenvalue weighted by molar-refractivity contribution is -0.117. The van der Waals surface area contributed by atoms with E-state index < -0.39 is 0 Å². The minimum absolute atomic E-state index is 0.0716. The summed E-state index contributed by atoms with van der Waals surface area (Å²) in [5, 5.41) is 10.3. The second kappa shape index (κ2) is 11.1. The fourth-order valence-electron chi connectivity index (χ4n) is 4.51. The van der Waals surface area contributed by atoms with Crippen LogP contribution in [-0.2, 0) is 22.7 Å². The molecule has 0 atom stereocenters. The van der Waals surface area contributed by atoms with E-state index in [4.69, 9.17) is 5.10 Å². The van der Waals surface area contributed by atoms with Crippen LogP contribution < -0.4 is 16.3 Å². The van der Waals surface area contributed by atoms with Gasteiger partial charge in [0.1, 0.15) is 5.82 Å². The third kappa shape index (κ3) is 6.24. The largest absolute Gasteiger partial charge is 0.346 e. The van der Waals surface area contributed by atoms with Crippen molar-refractivity contribution in [1.82, 2.24) is 19.2 Å². The first kappa shape index (κ1) is 24.4. The van der Waals surface area contributed by atoms with Crippen LogP contribution in [0.25, 0.3) is 0 Å². The van der Waals surface area contributed by atoms with Gasteiger partial charge in [-0.3, -0.25) is 19.1 Å². The van der Waals surface area contributed by atoms with Crippen molar-refractivity contribution in [2.75, 3.05) is 30.3 Å². The maximum Gasteiger partial charge on any atom is 0.346 e. The van der Waals surface area contributed by atoms with E-state index in [0.717, 1.165) is 37.3 Å². The van der Waals surface area contributed by atoms with Gasteiger partial charge in [0.2, 0.25) is 11.8 Å². The number of hydrogen-bond acceptors (Lipinski definition) is 5. The second-order valence-electron chi connectivity index (χ2n) is 8.89. The molecular formula is C26H32N6O3. The molecule has 1 aliphatic heterocycles. The summed E-state index contributed by atoms with van der Waals surface area (Å²) in [6, 6.07) is 16.9. The number of benzene rings is 2. The maximum absolute atomic E-state index is 12.9. The molecule has 1 saturated heterocycles. The molecule has 9 heteroatoms. The number of carbonyl (C=O) groups excluding carboxylic acids is 2. The molecular weight excluding hydrogens is 444 g/mol. The molecule has 0 saturated carbocycles. The van der Waals surface area contributed by atoms with E-state index in [1.54, 1.807) is 33.5 Å². The lowest BCUT2D eigenvalue weighted by Crippen LogP contribution is -2.39. The predicted molar refractivity (Wildman–Crippen MR) is 135 cm³/mol. The van der Waals surface area contributed by atoms with Crippen molar-refractivity contribution in [3.63, 3.8) is 0 Å². The smallest absolute Gasteiger partial charge is 0.326 e. The number of rotatable bonds is 8. The molecule has 1 aliphatic rings. The number of likely N-dealkylation sites (tertiary alicyclic amines) is 1. The van der Waals surface area contributed by atoms with Gasteiger partial charge in [-0.15, -0.1) is 0 Å². The SMILES string of the molecule is CCn1c(C2CCN(CC(=O)Nc3ccc(NC(C)=O)cc3)CC2)nn(Cc2ccccc2)c1=O. The highest BCUT2D eigenvalue weighted by molar-refractivity contribution is 5.93. The van der Waals surface area contributed by atoms with Gasteiger partial charge in [-0.1, -0.05) is 30.3 Å². The summed E-state index contributed by atoms with van der Waals surface area (Å²) in [7, 11) is 0. The Morgan fingerprint density at radius 2 is 1.60 bits per heavy atom. The molecule has 9 nitrogen and oxygen atoms in total. The summed E-state index contributed by atoms with van der Waals surface area (Å²) >= 11 is 0. The number of amides is 2. The predicted octanol–water partition coefficient (Wildman–Crippen LogP) is 2.89. The standard InChI is InChI=1S/C26H32N6O3/c1-3-31-25(29-32(26(31)35)17-20-7-5-4-6-8-20)21-13-15-30(16-14-21)18-24(34)28-23-11-9-22(10-12-23)27-19(2)33/h4-12,21H,3,13-18H2,1-2H3,(H,27,33)(H,28,34). The summed E-state index contributed by atoms with van der Waals surface area (Å²) in [5.41, 5.74) is 2.36. The van der Waals surface area contributed by atoms with E-state index in [-0.39, 0.29) is 23.4 Å². The molecule has 0 radical (unpaired) electrons. The first-order chi connectivity index (χ1) is 16.9. The van der Waals surface area contributed by atoms with Gasteiger partial charge < -0.3 is 10.6 Å². The quantitative estimate of drug-likeness (QED) is 0.521. The number of anilines is 2. The molecule has 1 fully saturated rings. The van der Waals surface area contributed by atoms with Gasteiger partial charge in [0.25, 0.3) is 0 Å². The lowest BCUT2D eigenvalue weighted by Gasteiger charge is -2.30. The van der Waals surface area contributed by atoms with Crippen LogP contribution >= 0.6 is 0 Å². The summed E-state index contributed by atoms with van der Waals surface area (Å²) in [6.45, 7) is 6.32. The Kier molecular flexibility index (Phi) is 7.77. The molecule has 4 rings (SSSR count). The van der Waals surface area contributed by atoms with Crippen molar-refractivity contribution >= 4 is 23.2 Å². The van der Waals surface area contributed by atoms with Gasteiger partial charge in [-0.2, -0.15) is 5.10 Å². The fourth-order valence-corrected chi connectivity index (χ4v) is 4.51. The molecule has 1 aromatic heterocycles. The van der Waals surface area contributed by atoms with Crippen molar-refractivity contribution in [2.45, 2.75) is 45.7 Å². The highest BCUT2D eigenvalue weighted by Gasteiger charge is 2.27. The molecule has 0 spiro atoms. The van der Waals surface area contributed by atoms with Gasteiger partial charge in [0, 0.05) is 30.8 Å². The molecule has 35 heavy (non-hydrogen) atoms. The molecule has 0 aliphatic carbocycles. The summed E-state index contributed by atoms with van der Waals surface area (Å²) in [4.78, 5) is 38.7. The third-order valence-corrected chi connectivity index (χ3v) is 6.25. The Labute approximate surface area is 204 Å². The topological polar surface area (TPSA) is 101 Å². The van der Waals surface area contributed by atoms with Crippen molar-refractivity contribution < 1.29 is 9.59 Å². The minimum Gasteiger partial charge on any atom is -0.326 e. The second-order valence-corrected chi connectivity index (χ2v) is 8.89. The Bertz CT molecular complexity index is 1210. The minimum atomic E-state index is -0.135. The van der Waals surface area contributed by atoms with Crippen molar-refractivity contribution in [3.05, 3.63) is 76.5 Å². The number of piperidine rings is 1. The van der Waals surface area contributed by atoms with E-state index in [0.29, 0.717) is 31.0 Å². The van der Waals surface area contributed by atoms with Crippen LogP contribution in [0, 0.1) is 0 Å². The third-order valence-electron chi connectivity index (χ3n) is 6.25. The Morgan fingerprint density at radius 3 is 2.20 bits per heavy atom. The van der Waals surface area contributed by atoms with Crippen LogP contribution in [0.5, 0.6) is 0 Å². The van der Waals surface area contributed by atoms with E-state index in [1.165, 1.54) is 6.92 Å². The van der Waals surface area contributed by atoms with Crippen LogP contribution in [0.1, 0.15) is 44.0 Å². The fraction of sp³-hybridized carbons (Fsp3) is 0.385. The maximum atomic E-state index is 12.9. The average molecular weight is 477 g/mol. The average Bonchev–Trinajstić information content (AvgIpc) is 3.16. The van der Waals surface area contributed by atoms with E-state index in [1.807, 2.05) is 37.3 Å². The van der Waals surface area contributed by atoms with Gasteiger partial charge >= 0.3 is 5.69 Å². The Balaban J connectivity index is 1.32. The first-order valence-electron chi connectivity index (χ1n) is 12.0. The molecule has 184 valence electrons. The molecule has 3 aromatic rings. The molecule has 2 amide bonds. The van der Waals surface area contributed by atoms with Crippen LogP contribution in [-0.4, -0.2) is 50.7 Å². The lowest BCUT2D eigenvalue weighted by atomic mass is 9.96. The summed E-state index contributed by atoms with van der Waals surface area (Å²) in [6.07, 6.45) is 1.70. The van der Waals surface area contributed by atoms with Crippen LogP contribution in [0.4, 0.5) is 11.4 Å². The highest BCUT2D eigenvalue weighted by Crippen LogP contribution is 2.26. The summed E-state index contributed by atoms with van der Waals surface area (Å²) < 4.78 is 3.34. The van der Waals surface area contributed by atoms with E-state index >= 15 is 0 Å². The monoisotopic (exact) mass is 476 g/mol. The first-order valence-corrected chi connectivity index (χ1v) is 12.0. The van der Waals surface area contributed by atoms with Crippen LogP contribution in [0.15, 0.2) is 59.4 Å². The van der Waals surface area contributed by atoms with Gasteiger partial charge in [0.15, 0.2) is 0 Å². The number of hydrogen-bond donors (Lipinski definition) is 2. The van der Waals surface area contributed by atoms with E-state index in [2.05, 4.69) is 15.5 Å². The normalized spacial score (nSPS) is 14.6. The van der Waals surface area contributed by atoms with E-state index in [9.17, 15) is 14.4 Å². The van der Waals surface area contributed by atoms with Crippen molar-refractivity contribution in [2.24, 2.45) is 0 Å². The Hall–Kier alpha value is -3.72. The highest BCUT2D eigenvalue weighted by atomic mass is 16.2. The molecule has 0 unspecified atom stereocenters. The van der Waals surface area contributed by atoms with Gasteiger partial charge in [0.05, 0.1) is 13.1 Å². The number of aromatic nitrogens is 3. The zero-order chi connectivity index (χ0) is 24.8. The van der Waals surface area contributed by atoms with Crippen molar-refractivity contribution in [1.29, 1.82) is 0 Å². The zero-order valence-corrected chi connectivity index (χ0v) is 20.2. The Morgan fingerprint density at radius 1 is 0.971 bits per heavy atom. The van der Waals surface area contributed by atoms with Crippen LogP contribution in [0.2, 0.25) is 0 Å². The number of nitrogens with zero attached hydrogens (tertiary/aromatic N) is 4.